The van der Waals surface area contributed by atoms with Gasteiger partial charge in [0.15, 0.2) is 9.84 Å². The standard InChI is InChI=1S/C13H19NO2S/c15-17(16,13-8-4-5-9-13)11-10-14-12-6-2-1-3-7-12/h1-3,6-7,13-14H,4-5,8-11H2. The van der Waals surface area contributed by atoms with Crippen LogP contribution in [0.15, 0.2) is 30.3 Å². The second-order valence-corrected chi connectivity index (χ2v) is 6.97. The maximum atomic E-state index is 12.0. The minimum Gasteiger partial charge on any atom is -0.384 e. The predicted octanol–water partition coefficient (Wildman–Crippen LogP) is 2.46. The van der Waals surface area contributed by atoms with E-state index in [4.69, 9.17) is 0 Å². The largest absolute Gasteiger partial charge is 0.384 e. The fraction of sp³-hybridized carbons (Fsp3) is 0.538. The summed E-state index contributed by atoms with van der Waals surface area (Å²) in [7, 11) is -2.89. The van der Waals surface area contributed by atoms with Gasteiger partial charge in [-0.25, -0.2) is 8.42 Å². The zero-order chi connectivity index (χ0) is 12.1. The quantitative estimate of drug-likeness (QED) is 0.876. The molecule has 1 aromatic rings. The van der Waals surface area contributed by atoms with E-state index in [1.54, 1.807) is 0 Å². The molecule has 1 aliphatic carbocycles. The van der Waals surface area contributed by atoms with Crippen molar-refractivity contribution in [3.63, 3.8) is 0 Å². The van der Waals surface area contributed by atoms with Crippen LogP contribution in [0.5, 0.6) is 0 Å². The average Bonchev–Trinajstić information content (AvgIpc) is 2.84. The highest BCUT2D eigenvalue weighted by Crippen LogP contribution is 2.25. The third kappa shape index (κ3) is 3.46. The van der Waals surface area contributed by atoms with Gasteiger partial charge < -0.3 is 5.32 Å². The summed E-state index contributed by atoms with van der Waals surface area (Å²) in [6.45, 7) is 0.503. The summed E-state index contributed by atoms with van der Waals surface area (Å²) in [6.07, 6.45) is 3.84. The molecule has 1 fully saturated rings. The van der Waals surface area contributed by atoms with E-state index in [2.05, 4.69) is 5.32 Å². The molecule has 0 saturated heterocycles. The number of para-hydroxylation sites is 1. The fourth-order valence-electron chi connectivity index (χ4n) is 2.31. The molecule has 1 aliphatic rings. The lowest BCUT2D eigenvalue weighted by Crippen LogP contribution is -2.25. The van der Waals surface area contributed by atoms with Crippen molar-refractivity contribution in [2.75, 3.05) is 17.6 Å². The van der Waals surface area contributed by atoms with Crippen molar-refractivity contribution in [2.24, 2.45) is 0 Å². The molecule has 4 heteroatoms. The molecule has 0 unspecified atom stereocenters. The lowest BCUT2D eigenvalue weighted by Gasteiger charge is -2.11. The molecule has 0 radical (unpaired) electrons. The van der Waals surface area contributed by atoms with Crippen LogP contribution >= 0.6 is 0 Å². The van der Waals surface area contributed by atoms with Crippen molar-refractivity contribution in [3.05, 3.63) is 30.3 Å². The van der Waals surface area contributed by atoms with Crippen molar-refractivity contribution >= 4 is 15.5 Å². The molecule has 0 spiro atoms. The van der Waals surface area contributed by atoms with Crippen LogP contribution in [-0.2, 0) is 9.84 Å². The Morgan fingerprint density at radius 3 is 2.41 bits per heavy atom. The average molecular weight is 253 g/mol. The van der Waals surface area contributed by atoms with E-state index < -0.39 is 9.84 Å². The summed E-state index contributed by atoms with van der Waals surface area (Å²) in [6, 6.07) is 9.71. The van der Waals surface area contributed by atoms with Crippen LogP contribution in [-0.4, -0.2) is 26.0 Å². The van der Waals surface area contributed by atoms with Gasteiger partial charge in [-0.05, 0) is 25.0 Å². The van der Waals surface area contributed by atoms with E-state index >= 15 is 0 Å². The van der Waals surface area contributed by atoms with Gasteiger partial charge in [0.1, 0.15) is 0 Å². The number of rotatable bonds is 5. The third-order valence-electron chi connectivity index (χ3n) is 3.30. The van der Waals surface area contributed by atoms with E-state index in [0.717, 1.165) is 31.4 Å². The van der Waals surface area contributed by atoms with Gasteiger partial charge in [0.2, 0.25) is 0 Å². The molecule has 0 aromatic heterocycles. The van der Waals surface area contributed by atoms with Crippen LogP contribution in [0, 0.1) is 0 Å². The predicted molar refractivity (Wildman–Crippen MR) is 71.0 cm³/mol. The molecule has 3 nitrogen and oxygen atoms in total. The maximum Gasteiger partial charge on any atom is 0.154 e. The van der Waals surface area contributed by atoms with Gasteiger partial charge >= 0.3 is 0 Å². The summed E-state index contributed by atoms with van der Waals surface area (Å²) in [5.74, 6) is 0.243. The molecule has 0 bridgehead atoms. The summed E-state index contributed by atoms with van der Waals surface area (Å²) in [4.78, 5) is 0. The Bertz CT molecular complexity index is 436. The van der Waals surface area contributed by atoms with Crippen molar-refractivity contribution < 1.29 is 8.42 Å². The van der Waals surface area contributed by atoms with Crippen LogP contribution in [0.4, 0.5) is 5.69 Å². The Morgan fingerprint density at radius 2 is 1.76 bits per heavy atom. The van der Waals surface area contributed by atoms with Gasteiger partial charge in [0, 0.05) is 12.2 Å². The van der Waals surface area contributed by atoms with Crippen molar-refractivity contribution in [1.82, 2.24) is 0 Å². The smallest absolute Gasteiger partial charge is 0.154 e. The second-order valence-electron chi connectivity index (χ2n) is 4.57. The SMILES string of the molecule is O=S(=O)(CCNc1ccccc1)C1CCCC1. The van der Waals surface area contributed by atoms with Gasteiger partial charge in [-0.2, -0.15) is 0 Å². The molecular weight excluding hydrogens is 234 g/mol. The highest BCUT2D eigenvalue weighted by molar-refractivity contribution is 7.92. The number of sulfone groups is 1. The van der Waals surface area contributed by atoms with Gasteiger partial charge in [-0.15, -0.1) is 0 Å². The normalized spacial score (nSPS) is 17.2. The summed E-state index contributed by atoms with van der Waals surface area (Å²) in [5.41, 5.74) is 0.981. The molecule has 2 rings (SSSR count). The first-order valence-electron chi connectivity index (χ1n) is 6.19. The number of nitrogens with one attached hydrogen (secondary N) is 1. The van der Waals surface area contributed by atoms with Crippen LogP contribution in [0.2, 0.25) is 0 Å². The van der Waals surface area contributed by atoms with E-state index in [1.165, 1.54) is 0 Å². The highest BCUT2D eigenvalue weighted by atomic mass is 32.2. The highest BCUT2D eigenvalue weighted by Gasteiger charge is 2.27. The lowest BCUT2D eigenvalue weighted by atomic mass is 10.3. The first kappa shape index (κ1) is 12.4. The number of hydrogen-bond donors (Lipinski definition) is 1. The monoisotopic (exact) mass is 253 g/mol. The topological polar surface area (TPSA) is 46.2 Å². The maximum absolute atomic E-state index is 12.0. The van der Waals surface area contributed by atoms with E-state index in [1.807, 2.05) is 30.3 Å². The Balaban J connectivity index is 1.82. The Hall–Kier alpha value is -1.03. The first-order chi connectivity index (χ1) is 8.18. The number of benzene rings is 1. The molecule has 17 heavy (non-hydrogen) atoms. The van der Waals surface area contributed by atoms with Crippen molar-refractivity contribution in [3.8, 4) is 0 Å². The Labute approximate surface area is 103 Å². The van der Waals surface area contributed by atoms with Crippen LogP contribution in [0.1, 0.15) is 25.7 Å². The summed E-state index contributed by atoms with van der Waals surface area (Å²) < 4.78 is 24.0. The molecular formula is C13H19NO2S. The van der Waals surface area contributed by atoms with Gasteiger partial charge in [-0.3, -0.25) is 0 Å². The number of anilines is 1. The lowest BCUT2D eigenvalue weighted by molar-refractivity contribution is 0.580. The van der Waals surface area contributed by atoms with Gasteiger partial charge in [-0.1, -0.05) is 31.0 Å². The van der Waals surface area contributed by atoms with Crippen LogP contribution in [0.25, 0.3) is 0 Å². The Morgan fingerprint density at radius 1 is 1.12 bits per heavy atom. The van der Waals surface area contributed by atoms with Gasteiger partial charge in [0.05, 0.1) is 11.0 Å². The first-order valence-corrected chi connectivity index (χ1v) is 7.90. The molecule has 0 amide bonds. The summed E-state index contributed by atoms with van der Waals surface area (Å²) >= 11 is 0. The van der Waals surface area contributed by atoms with Crippen LogP contribution < -0.4 is 5.32 Å². The molecule has 1 saturated carbocycles. The van der Waals surface area contributed by atoms with Crippen molar-refractivity contribution in [1.29, 1.82) is 0 Å². The zero-order valence-electron chi connectivity index (χ0n) is 9.93. The van der Waals surface area contributed by atoms with E-state index in [0.29, 0.717) is 6.54 Å². The van der Waals surface area contributed by atoms with E-state index in [-0.39, 0.29) is 11.0 Å². The Kier molecular flexibility index (Phi) is 4.05. The van der Waals surface area contributed by atoms with Crippen LogP contribution in [0.3, 0.4) is 0 Å². The molecule has 1 aromatic carbocycles. The minimum atomic E-state index is -2.89. The molecule has 0 heterocycles. The third-order valence-corrected chi connectivity index (χ3v) is 5.56. The fourth-order valence-corrected chi connectivity index (χ4v) is 4.08. The molecule has 0 aliphatic heterocycles. The van der Waals surface area contributed by atoms with Gasteiger partial charge in [0.25, 0.3) is 0 Å². The zero-order valence-corrected chi connectivity index (χ0v) is 10.7. The number of hydrogen-bond acceptors (Lipinski definition) is 3. The molecule has 1 N–H and O–H groups in total. The van der Waals surface area contributed by atoms with Crippen molar-refractivity contribution in [2.45, 2.75) is 30.9 Å². The summed E-state index contributed by atoms with van der Waals surface area (Å²) in [5, 5.41) is 3.06. The molecule has 0 atom stereocenters. The van der Waals surface area contributed by atoms with E-state index in [9.17, 15) is 8.42 Å². The minimum absolute atomic E-state index is 0.0833. The second kappa shape index (κ2) is 5.54. The molecule has 94 valence electrons.